The monoisotopic (exact) mass is 311 g/mol. The number of nitrogens with zero attached hydrogens (tertiary/aromatic N) is 4. The van der Waals surface area contributed by atoms with E-state index in [4.69, 9.17) is 5.73 Å². The number of anilines is 1. The summed E-state index contributed by atoms with van der Waals surface area (Å²) < 4.78 is 2.00. The molecule has 114 valence electrons. The van der Waals surface area contributed by atoms with E-state index in [1.165, 1.54) is 17.1 Å². The van der Waals surface area contributed by atoms with Crippen LogP contribution in [0.5, 0.6) is 0 Å². The van der Waals surface area contributed by atoms with Gasteiger partial charge in [0.15, 0.2) is 17.0 Å². The minimum absolute atomic E-state index is 0.392. The molecular weight excluding hydrogens is 298 g/mol. The first-order valence-electron chi connectivity index (χ1n) is 7.67. The molecule has 3 aromatic carbocycles. The predicted molar refractivity (Wildman–Crippen MR) is 96.1 cm³/mol. The van der Waals surface area contributed by atoms with Gasteiger partial charge in [-0.05, 0) is 16.8 Å². The lowest BCUT2D eigenvalue weighted by Crippen LogP contribution is -1.99. The van der Waals surface area contributed by atoms with E-state index in [9.17, 15) is 0 Å². The van der Waals surface area contributed by atoms with Crippen molar-refractivity contribution in [2.24, 2.45) is 0 Å². The molecule has 2 N–H and O–H groups in total. The van der Waals surface area contributed by atoms with E-state index in [2.05, 4.69) is 45.3 Å². The van der Waals surface area contributed by atoms with Gasteiger partial charge >= 0.3 is 0 Å². The Morgan fingerprint density at radius 3 is 2.17 bits per heavy atom. The van der Waals surface area contributed by atoms with Crippen LogP contribution < -0.4 is 5.73 Å². The number of rotatable bonds is 1. The zero-order valence-electron chi connectivity index (χ0n) is 12.7. The standard InChI is InChI=1S/C19H13N5/c20-18-16-19(22-10-21-18)24(11-23-16)17-14-7-3-1-5-12(14)9-13-6-2-4-8-15(13)17/h1-11H,(H2,20,21,22). The first-order chi connectivity index (χ1) is 11.8. The van der Waals surface area contributed by atoms with E-state index in [1.54, 1.807) is 6.33 Å². The van der Waals surface area contributed by atoms with Gasteiger partial charge in [0.2, 0.25) is 0 Å². The summed E-state index contributed by atoms with van der Waals surface area (Å²) in [7, 11) is 0. The number of benzene rings is 3. The fourth-order valence-corrected chi connectivity index (χ4v) is 3.27. The SMILES string of the molecule is Nc1ncnc2c1ncn2-c1c2ccccc2cc2ccccc12. The van der Waals surface area contributed by atoms with Gasteiger partial charge in [0.1, 0.15) is 12.7 Å². The lowest BCUT2D eigenvalue weighted by atomic mass is 10.0. The molecule has 0 aliphatic carbocycles. The Kier molecular flexibility index (Phi) is 2.58. The maximum absolute atomic E-state index is 5.95. The van der Waals surface area contributed by atoms with Crippen LogP contribution in [-0.2, 0) is 0 Å². The lowest BCUT2D eigenvalue weighted by Gasteiger charge is -2.12. The minimum atomic E-state index is 0.392. The molecule has 0 saturated heterocycles. The first kappa shape index (κ1) is 13.0. The molecule has 0 unspecified atom stereocenters. The largest absolute Gasteiger partial charge is 0.382 e. The van der Waals surface area contributed by atoms with Gasteiger partial charge < -0.3 is 5.73 Å². The highest BCUT2D eigenvalue weighted by molar-refractivity contribution is 6.08. The Labute approximate surface area is 137 Å². The number of imidazole rings is 1. The van der Waals surface area contributed by atoms with Gasteiger partial charge in [0.05, 0.1) is 5.69 Å². The smallest absolute Gasteiger partial charge is 0.170 e. The Morgan fingerprint density at radius 2 is 1.46 bits per heavy atom. The quantitative estimate of drug-likeness (QED) is 0.479. The third-order valence-electron chi connectivity index (χ3n) is 4.35. The van der Waals surface area contributed by atoms with Gasteiger partial charge in [-0.25, -0.2) is 15.0 Å². The molecule has 5 heteroatoms. The van der Waals surface area contributed by atoms with Crippen molar-refractivity contribution in [1.29, 1.82) is 0 Å². The van der Waals surface area contributed by atoms with Crippen molar-refractivity contribution in [2.75, 3.05) is 5.73 Å². The molecule has 5 aromatic rings. The molecule has 5 nitrogen and oxygen atoms in total. The first-order valence-corrected chi connectivity index (χ1v) is 7.67. The predicted octanol–water partition coefficient (Wildman–Crippen LogP) is 3.70. The third-order valence-corrected chi connectivity index (χ3v) is 4.35. The second-order valence-corrected chi connectivity index (χ2v) is 5.71. The van der Waals surface area contributed by atoms with E-state index in [0.717, 1.165) is 16.5 Å². The van der Waals surface area contributed by atoms with Crippen LogP contribution in [0.3, 0.4) is 0 Å². The average Bonchev–Trinajstić information content (AvgIpc) is 3.05. The summed E-state index contributed by atoms with van der Waals surface area (Å²) in [5.41, 5.74) is 8.34. The van der Waals surface area contributed by atoms with Gasteiger partial charge in [0.25, 0.3) is 0 Å². The van der Waals surface area contributed by atoms with Gasteiger partial charge in [0, 0.05) is 10.8 Å². The van der Waals surface area contributed by atoms with Crippen LogP contribution in [0.25, 0.3) is 38.4 Å². The molecule has 5 rings (SSSR count). The van der Waals surface area contributed by atoms with Crippen molar-refractivity contribution >= 4 is 38.5 Å². The van der Waals surface area contributed by atoms with Crippen LogP contribution >= 0.6 is 0 Å². The molecule has 2 heterocycles. The summed E-state index contributed by atoms with van der Waals surface area (Å²) >= 11 is 0. The summed E-state index contributed by atoms with van der Waals surface area (Å²) in [5, 5.41) is 4.64. The van der Waals surface area contributed by atoms with Gasteiger partial charge in [-0.15, -0.1) is 0 Å². The van der Waals surface area contributed by atoms with Crippen LogP contribution in [0.2, 0.25) is 0 Å². The summed E-state index contributed by atoms with van der Waals surface area (Å²) in [4.78, 5) is 12.9. The van der Waals surface area contributed by atoms with Crippen molar-refractivity contribution < 1.29 is 0 Å². The van der Waals surface area contributed by atoms with E-state index < -0.39 is 0 Å². The average molecular weight is 311 g/mol. The lowest BCUT2D eigenvalue weighted by molar-refractivity contribution is 1.08. The molecule has 0 amide bonds. The van der Waals surface area contributed by atoms with E-state index >= 15 is 0 Å². The van der Waals surface area contributed by atoms with E-state index in [1.807, 2.05) is 28.8 Å². The number of fused-ring (bicyclic) bond motifs is 3. The van der Waals surface area contributed by atoms with Gasteiger partial charge in [-0.3, -0.25) is 4.57 Å². The highest BCUT2D eigenvalue weighted by Gasteiger charge is 2.14. The Bertz CT molecular complexity index is 1170. The number of nitrogen functional groups attached to an aromatic ring is 1. The summed E-state index contributed by atoms with van der Waals surface area (Å²) in [6.45, 7) is 0. The molecule has 0 aliphatic rings. The molecule has 2 aromatic heterocycles. The zero-order valence-corrected chi connectivity index (χ0v) is 12.7. The number of hydrogen-bond donors (Lipinski definition) is 1. The number of hydrogen-bond acceptors (Lipinski definition) is 4. The second kappa shape index (κ2) is 4.76. The fraction of sp³-hybridized carbons (Fsp3) is 0. The van der Waals surface area contributed by atoms with Gasteiger partial charge in [-0.2, -0.15) is 0 Å². The molecular formula is C19H13N5. The Morgan fingerprint density at radius 1 is 0.792 bits per heavy atom. The topological polar surface area (TPSA) is 69.6 Å². The van der Waals surface area contributed by atoms with Crippen molar-refractivity contribution in [1.82, 2.24) is 19.5 Å². The summed E-state index contributed by atoms with van der Waals surface area (Å²) in [6, 6.07) is 18.9. The molecule has 0 aliphatic heterocycles. The minimum Gasteiger partial charge on any atom is -0.382 e. The Hall–Kier alpha value is -3.47. The normalized spacial score (nSPS) is 11.5. The van der Waals surface area contributed by atoms with Crippen molar-refractivity contribution in [2.45, 2.75) is 0 Å². The molecule has 0 spiro atoms. The zero-order chi connectivity index (χ0) is 16.1. The fourth-order valence-electron chi connectivity index (χ4n) is 3.27. The van der Waals surface area contributed by atoms with Crippen LogP contribution in [0.4, 0.5) is 5.82 Å². The highest BCUT2D eigenvalue weighted by atomic mass is 15.1. The summed E-state index contributed by atoms with van der Waals surface area (Å²) in [6.07, 6.45) is 3.24. The van der Waals surface area contributed by atoms with Crippen molar-refractivity contribution in [3.8, 4) is 5.69 Å². The van der Waals surface area contributed by atoms with Gasteiger partial charge in [-0.1, -0.05) is 48.5 Å². The molecule has 0 radical (unpaired) electrons. The summed E-state index contributed by atoms with van der Waals surface area (Å²) in [5.74, 6) is 0.392. The van der Waals surface area contributed by atoms with Crippen molar-refractivity contribution in [3.63, 3.8) is 0 Å². The number of aromatic nitrogens is 4. The third kappa shape index (κ3) is 1.72. The van der Waals surface area contributed by atoms with Crippen LogP contribution in [-0.4, -0.2) is 19.5 Å². The van der Waals surface area contributed by atoms with Crippen molar-refractivity contribution in [3.05, 3.63) is 67.3 Å². The van der Waals surface area contributed by atoms with Crippen LogP contribution in [0.1, 0.15) is 0 Å². The highest BCUT2D eigenvalue weighted by Crippen LogP contribution is 2.33. The molecule has 0 bridgehead atoms. The molecule has 0 fully saturated rings. The van der Waals surface area contributed by atoms with Crippen LogP contribution in [0.15, 0.2) is 67.3 Å². The van der Waals surface area contributed by atoms with Crippen LogP contribution in [0, 0.1) is 0 Å². The molecule has 0 saturated carbocycles. The van der Waals surface area contributed by atoms with E-state index in [0.29, 0.717) is 17.0 Å². The molecule has 24 heavy (non-hydrogen) atoms. The maximum atomic E-state index is 5.95. The van der Waals surface area contributed by atoms with E-state index in [-0.39, 0.29) is 0 Å². The maximum Gasteiger partial charge on any atom is 0.170 e. The Balaban J connectivity index is 2.01. The second-order valence-electron chi connectivity index (χ2n) is 5.71. The molecule has 0 atom stereocenters. The number of nitrogens with two attached hydrogens (primary N) is 1.